The summed E-state index contributed by atoms with van der Waals surface area (Å²) in [6.45, 7) is 14.2. The molecular weight excluding hydrogens is 407 g/mol. The molecule has 30 heavy (non-hydrogen) atoms. The third kappa shape index (κ3) is 7.42. The summed E-state index contributed by atoms with van der Waals surface area (Å²) in [5, 5.41) is 14.5. The lowest BCUT2D eigenvalue weighted by atomic mass is 9.94. The summed E-state index contributed by atoms with van der Waals surface area (Å²) in [5.41, 5.74) is 1.68. The molecule has 1 aromatic carbocycles. The summed E-state index contributed by atoms with van der Waals surface area (Å²) < 4.78 is 24.9. The summed E-state index contributed by atoms with van der Waals surface area (Å²) >= 11 is 0. The Labute approximate surface area is 179 Å². The molecule has 0 saturated carbocycles. The highest BCUT2D eigenvalue weighted by Crippen LogP contribution is 2.46. The van der Waals surface area contributed by atoms with Crippen molar-refractivity contribution < 1.29 is 28.5 Å². The molecule has 0 aromatic heterocycles. The van der Waals surface area contributed by atoms with Gasteiger partial charge in [0.1, 0.15) is 17.8 Å². The van der Waals surface area contributed by atoms with Crippen LogP contribution in [-0.2, 0) is 18.9 Å². The normalized spacial score (nSPS) is 15.7. The van der Waals surface area contributed by atoms with Gasteiger partial charge < -0.3 is 14.4 Å². The molecule has 0 fully saturated rings. The van der Waals surface area contributed by atoms with Crippen molar-refractivity contribution >= 4 is 19.6 Å². The lowest BCUT2D eigenvalue weighted by Crippen LogP contribution is -2.43. The first-order valence-electron chi connectivity index (χ1n) is 10.2. The fraction of sp³-hybridized carbons (Fsp3) is 0.619. The fourth-order valence-electron chi connectivity index (χ4n) is 2.76. The number of para-hydroxylation sites is 1. The molecule has 0 aliphatic heterocycles. The predicted molar refractivity (Wildman–Crippen MR) is 117 cm³/mol. The van der Waals surface area contributed by atoms with Crippen LogP contribution in [0.25, 0.3) is 0 Å². The molecule has 1 aromatic rings. The average molecular weight is 442 g/mol. The second-order valence-electron chi connectivity index (χ2n) is 8.24. The average Bonchev–Trinajstić information content (AvgIpc) is 2.60. The topological polar surface area (TPSA) is 114 Å². The van der Waals surface area contributed by atoms with Gasteiger partial charge in [-0.05, 0) is 50.7 Å². The number of carbonyl (C=O) groups excluding carboxylic acids is 1. The fourth-order valence-corrected chi connectivity index (χ4v) is 4.64. The second kappa shape index (κ2) is 10.9. The quantitative estimate of drug-likeness (QED) is 0.341. The van der Waals surface area contributed by atoms with E-state index in [9.17, 15) is 19.3 Å². The Morgan fingerprint density at radius 1 is 0.900 bits per heavy atom. The van der Waals surface area contributed by atoms with E-state index in [1.165, 1.54) is 13.8 Å². The molecule has 3 N–H and O–H groups in total. The first-order chi connectivity index (χ1) is 13.8. The number of ether oxygens (including phenoxy) is 1. The van der Waals surface area contributed by atoms with Gasteiger partial charge in [0, 0.05) is 0 Å². The van der Waals surface area contributed by atoms with Gasteiger partial charge in [0.25, 0.3) is 0 Å². The minimum absolute atomic E-state index is 0.0763. The van der Waals surface area contributed by atoms with E-state index in [0.29, 0.717) is 5.75 Å². The number of benzene rings is 1. The molecule has 9 heteroatoms. The van der Waals surface area contributed by atoms with Gasteiger partial charge in [-0.2, -0.15) is 0 Å². The number of hydrogen-bond donors (Lipinski definition) is 3. The molecule has 0 heterocycles. The number of carboxylic acids is 1. The van der Waals surface area contributed by atoms with Crippen molar-refractivity contribution in [3.05, 3.63) is 29.3 Å². The maximum absolute atomic E-state index is 13.7. The van der Waals surface area contributed by atoms with Crippen LogP contribution in [0.2, 0.25) is 0 Å². The Balaban J connectivity index is 3.39. The lowest BCUT2D eigenvalue weighted by Gasteiger charge is -2.29. The van der Waals surface area contributed by atoms with Crippen molar-refractivity contribution in [3.63, 3.8) is 0 Å². The van der Waals surface area contributed by atoms with E-state index in [1.54, 1.807) is 13.8 Å². The highest BCUT2D eigenvalue weighted by molar-refractivity contribution is 7.55. The number of carbonyl (C=O) groups is 2. The van der Waals surface area contributed by atoms with Gasteiger partial charge in [0.15, 0.2) is 0 Å². The highest BCUT2D eigenvalue weighted by atomic mass is 31.2. The summed E-state index contributed by atoms with van der Waals surface area (Å²) in [6.07, 6.45) is -0.345. The van der Waals surface area contributed by atoms with Crippen molar-refractivity contribution in [1.82, 2.24) is 10.2 Å². The van der Waals surface area contributed by atoms with E-state index in [1.807, 2.05) is 45.9 Å². The first kappa shape index (κ1) is 26.1. The summed E-state index contributed by atoms with van der Waals surface area (Å²) in [5.74, 6) is -1.23. The van der Waals surface area contributed by atoms with Gasteiger partial charge in [0.2, 0.25) is 0 Å². The zero-order valence-electron chi connectivity index (χ0n) is 19.1. The van der Waals surface area contributed by atoms with Gasteiger partial charge in [-0.25, -0.2) is 14.7 Å². The standard InChI is InChI=1S/C21H35N2O6P/c1-12(2)17-10-9-11-18(13(3)4)19(17)29-30(27,22-15(7)20(24)25)23-16(8)21(26)28-14(5)6/h9-16H,1-8H3,(H,24,25)(H2,22,23,27)/t15-,16-,30?/m0/s1. The molecule has 170 valence electrons. The van der Waals surface area contributed by atoms with Crippen LogP contribution >= 0.6 is 7.67 Å². The van der Waals surface area contributed by atoms with Crippen LogP contribution in [0.1, 0.15) is 78.4 Å². The summed E-state index contributed by atoms with van der Waals surface area (Å²) in [4.78, 5) is 23.6. The van der Waals surface area contributed by atoms with Crippen LogP contribution in [-0.4, -0.2) is 35.2 Å². The van der Waals surface area contributed by atoms with Crippen LogP contribution in [0.15, 0.2) is 18.2 Å². The molecule has 0 amide bonds. The molecule has 0 aliphatic rings. The van der Waals surface area contributed by atoms with Gasteiger partial charge in [-0.3, -0.25) is 9.59 Å². The lowest BCUT2D eigenvalue weighted by molar-refractivity contribution is -0.149. The van der Waals surface area contributed by atoms with Crippen LogP contribution in [0.3, 0.4) is 0 Å². The molecule has 8 nitrogen and oxygen atoms in total. The van der Waals surface area contributed by atoms with E-state index in [2.05, 4.69) is 10.2 Å². The number of rotatable bonds is 11. The zero-order valence-corrected chi connectivity index (χ0v) is 19.9. The molecular formula is C21H35N2O6P. The van der Waals surface area contributed by atoms with Crippen LogP contribution < -0.4 is 14.7 Å². The molecule has 3 atom stereocenters. The van der Waals surface area contributed by atoms with Gasteiger partial charge in [0.05, 0.1) is 6.10 Å². The number of hydrogen-bond acceptors (Lipinski definition) is 5. The molecule has 1 unspecified atom stereocenters. The number of esters is 1. The minimum Gasteiger partial charge on any atom is -0.480 e. The van der Waals surface area contributed by atoms with Crippen LogP contribution in [0.4, 0.5) is 0 Å². The molecule has 0 aliphatic carbocycles. The molecule has 0 saturated heterocycles. The van der Waals surface area contributed by atoms with Gasteiger partial charge >= 0.3 is 19.6 Å². The maximum Gasteiger partial charge on any atom is 0.391 e. The Morgan fingerprint density at radius 3 is 1.77 bits per heavy atom. The van der Waals surface area contributed by atoms with Crippen molar-refractivity contribution in [2.45, 2.75) is 85.4 Å². The largest absolute Gasteiger partial charge is 0.480 e. The monoisotopic (exact) mass is 442 g/mol. The molecule has 0 bridgehead atoms. The van der Waals surface area contributed by atoms with Crippen molar-refractivity contribution in [1.29, 1.82) is 0 Å². The smallest absolute Gasteiger partial charge is 0.391 e. The molecule has 0 spiro atoms. The summed E-state index contributed by atoms with van der Waals surface area (Å²) in [6, 6.07) is 3.51. The molecule has 1 rings (SSSR count). The third-order valence-corrected chi connectivity index (χ3v) is 6.24. The van der Waals surface area contributed by atoms with E-state index in [-0.39, 0.29) is 17.9 Å². The van der Waals surface area contributed by atoms with Gasteiger partial charge in [-0.15, -0.1) is 0 Å². The van der Waals surface area contributed by atoms with E-state index in [4.69, 9.17) is 9.26 Å². The first-order valence-corrected chi connectivity index (χ1v) is 11.8. The second-order valence-corrected chi connectivity index (χ2v) is 10.0. The third-order valence-electron chi connectivity index (χ3n) is 4.34. The highest BCUT2D eigenvalue weighted by Gasteiger charge is 2.35. The van der Waals surface area contributed by atoms with Crippen molar-refractivity contribution in [2.75, 3.05) is 0 Å². The molecule has 0 radical (unpaired) electrons. The van der Waals surface area contributed by atoms with E-state index in [0.717, 1.165) is 11.1 Å². The Hall–Kier alpha value is -1.89. The number of carboxylic acid groups (broad SMARTS) is 1. The van der Waals surface area contributed by atoms with E-state index < -0.39 is 31.7 Å². The van der Waals surface area contributed by atoms with Crippen molar-refractivity contribution in [3.8, 4) is 5.75 Å². The van der Waals surface area contributed by atoms with Crippen molar-refractivity contribution in [2.24, 2.45) is 0 Å². The SMILES string of the molecule is CC(C)OC(=O)[C@H](C)NP(=O)(N[C@@H](C)C(=O)O)Oc1c(C(C)C)cccc1C(C)C. The van der Waals surface area contributed by atoms with E-state index >= 15 is 0 Å². The zero-order chi connectivity index (χ0) is 23.2. The predicted octanol–water partition coefficient (Wildman–Crippen LogP) is 4.41. The van der Waals surface area contributed by atoms with Crippen LogP contribution in [0.5, 0.6) is 5.75 Å². The minimum atomic E-state index is -4.02. The Morgan fingerprint density at radius 2 is 1.37 bits per heavy atom. The van der Waals surface area contributed by atoms with Crippen LogP contribution in [0, 0.1) is 0 Å². The van der Waals surface area contributed by atoms with Gasteiger partial charge in [-0.1, -0.05) is 45.9 Å². The number of nitrogens with one attached hydrogen (secondary N) is 2. The summed E-state index contributed by atoms with van der Waals surface area (Å²) in [7, 11) is -4.02. The number of aliphatic carboxylic acids is 1. The Kier molecular flexibility index (Phi) is 9.53. The maximum atomic E-state index is 13.7. The Bertz CT molecular complexity index is 767.